The second kappa shape index (κ2) is 7.53. The smallest absolute Gasteiger partial charge is 0.326 e. The lowest BCUT2D eigenvalue weighted by Gasteiger charge is -2.17. The van der Waals surface area contributed by atoms with Crippen molar-refractivity contribution in [3.8, 4) is 0 Å². The summed E-state index contributed by atoms with van der Waals surface area (Å²) in [5, 5.41) is 14.2. The lowest BCUT2D eigenvalue weighted by molar-refractivity contribution is -0.139. The number of carboxylic acids is 1. The number of carboxylic acid groups (broad SMARTS) is 1. The fourth-order valence-electron chi connectivity index (χ4n) is 2.05. The molecule has 1 aromatic rings. The van der Waals surface area contributed by atoms with Gasteiger partial charge < -0.3 is 15.7 Å². The molecule has 0 aromatic heterocycles. The molecule has 0 aliphatic rings. The van der Waals surface area contributed by atoms with Gasteiger partial charge in [0.2, 0.25) is 0 Å². The van der Waals surface area contributed by atoms with Crippen LogP contribution in [-0.2, 0) is 17.6 Å². The number of carbonyl (C=O) groups is 2. The number of anilines is 1. The van der Waals surface area contributed by atoms with Gasteiger partial charge in [0, 0.05) is 5.69 Å². The zero-order chi connectivity index (χ0) is 15.1. The summed E-state index contributed by atoms with van der Waals surface area (Å²) in [6.45, 7) is 5.75. The predicted octanol–water partition coefficient (Wildman–Crippen LogP) is 2.80. The van der Waals surface area contributed by atoms with Gasteiger partial charge in [-0.05, 0) is 30.4 Å². The molecule has 1 atom stereocenters. The summed E-state index contributed by atoms with van der Waals surface area (Å²) in [6, 6.07) is 4.54. The first-order valence-electron chi connectivity index (χ1n) is 6.94. The number of hydrogen-bond donors (Lipinski definition) is 3. The van der Waals surface area contributed by atoms with Crippen LogP contribution >= 0.6 is 0 Å². The minimum atomic E-state index is -1.03. The third kappa shape index (κ3) is 3.98. The molecule has 0 aliphatic carbocycles. The normalized spacial score (nSPS) is 11.8. The molecule has 0 spiro atoms. The van der Waals surface area contributed by atoms with E-state index in [2.05, 4.69) is 10.6 Å². The zero-order valence-electron chi connectivity index (χ0n) is 12.2. The maximum atomic E-state index is 11.9. The molecular weight excluding hydrogens is 256 g/mol. The summed E-state index contributed by atoms with van der Waals surface area (Å²) in [5.41, 5.74) is 2.88. The molecule has 3 N–H and O–H groups in total. The second-order valence-electron chi connectivity index (χ2n) is 4.56. The molecule has 0 radical (unpaired) electrons. The molecule has 0 saturated carbocycles. The molecule has 0 heterocycles. The van der Waals surface area contributed by atoms with E-state index < -0.39 is 18.0 Å². The van der Waals surface area contributed by atoms with Crippen molar-refractivity contribution in [1.29, 1.82) is 0 Å². The van der Waals surface area contributed by atoms with E-state index in [9.17, 15) is 9.59 Å². The van der Waals surface area contributed by atoms with E-state index in [1.54, 1.807) is 6.92 Å². The predicted molar refractivity (Wildman–Crippen MR) is 79.1 cm³/mol. The Labute approximate surface area is 119 Å². The molecule has 1 rings (SSSR count). The van der Waals surface area contributed by atoms with Crippen molar-refractivity contribution in [2.45, 2.75) is 46.1 Å². The van der Waals surface area contributed by atoms with Crippen molar-refractivity contribution in [1.82, 2.24) is 5.32 Å². The standard InChI is InChI=1S/C15H22N2O3/c1-4-10-8-7-9-11(5-2)13(10)17-15(20)16-12(6-3)14(18)19/h7-9,12H,4-6H2,1-3H3,(H,18,19)(H2,16,17,20). The maximum absolute atomic E-state index is 11.9. The summed E-state index contributed by atoms with van der Waals surface area (Å²) in [4.78, 5) is 22.9. The van der Waals surface area contributed by atoms with Crippen molar-refractivity contribution >= 4 is 17.7 Å². The van der Waals surface area contributed by atoms with Gasteiger partial charge in [-0.25, -0.2) is 9.59 Å². The van der Waals surface area contributed by atoms with Crippen molar-refractivity contribution in [3.05, 3.63) is 29.3 Å². The number of hydrogen-bond acceptors (Lipinski definition) is 2. The Balaban J connectivity index is 2.87. The highest BCUT2D eigenvalue weighted by molar-refractivity contribution is 5.93. The lowest BCUT2D eigenvalue weighted by Crippen LogP contribution is -2.42. The first-order chi connectivity index (χ1) is 9.53. The second-order valence-corrected chi connectivity index (χ2v) is 4.56. The number of rotatable bonds is 6. The minimum absolute atomic E-state index is 0.346. The molecular formula is C15H22N2O3. The van der Waals surface area contributed by atoms with Crippen molar-refractivity contribution in [2.75, 3.05) is 5.32 Å². The average molecular weight is 278 g/mol. The third-order valence-electron chi connectivity index (χ3n) is 3.25. The Morgan fingerprint density at radius 3 is 2.10 bits per heavy atom. The van der Waals surface area contributed by atoms with Gasteiger partial charge in [0.1, 0.15) is 6.04 Å². The first-order valence-corrected chi connectivity index (χ1v) is 6.94. The van der Waals surface area contributed by atoms with E-state index in [4.69, 9.17) is 5.11 Å². The van der Waals surface area contributed by atoms with Crippen LogP contribution in [0.25, 0.3) is 0 Å². The van der Waals surface area contributed by atoms with Crippen molar-refractivity contribution in [3.63, 3.8) is 0 Å². The molecule has 110 valence electrons. The van der Waals surface area contributed by atoms with Gasteiger partial charge in [0.25, 0.3) is 0 Å². The Kier molecular flexibility index (Phi) is 6.03. The van der Waals surface area contributed by atoms with Gasteiger partial charge in [-0.1, -0.05) is 39.0 Å². The monoisotopic (exact) mass is 278 g/mol. The number of aryl methyl sites for hydroxylation is 2. The Hall–Kier alpha value is -2.04. The van der Waals surface area contributed by atoms with Crippen LogP contribution in [0.2, 0.25) is 0 Å². The van der Waals surface area contributed by atoms with Crippen molar-refractivity contribution < 1.29 is 14.7 Å². The van der Waals surface area contributed by atoms with E-state index >= 15 is 0 Å². The Bertz CT molecular complexity index is 464. The molecule has 0 aliphatic heterocycles. The number of benzene rings is 1. The van der Waals surface area contributed by atoms with Gasteiger partial charge in [0.15, 0.2) is 0 Å². The largest absolute Gasteiger partial charge is 0.480 e. The molecule has 0 fully saturated rings. The number of amides is 2. The van der Waals surface area contributed by atoms with Crippen LogP contribution in [0.3, 0.4) is 0 Å². The summed E-state index contributed by atoms with van der Waals surface area (Å²) >= 11 is 0. The van der Waals surface area contributed by atoms with E-state index in [1.165, 1.54) is 0 Å². The molecule has 5 nitrogen and oxygen atoms in total. The van der Waals surface area contributed by atoms with Crippen LogP contribution in [0.1, 0.15) is 38.3 Å². The quantitative estimate of drug-likeness (QED) is 0.748. The van der Waals surface area contributed by atoms with E-state index in [0.717, 1.165) is 29.7 Å². The van der Waals surface area contributed by atoms with Gasteiger partial charge in [-0.15, -0.1) is 0 Å². The number of carbonyl (C=O) groups excluding carboxylic acids is 1. The molecule has 0 bridgehead atoms. The number of nitrogens with one attached hydrogen (secondary N) is 2. The molecule has 1 unspecified atom stereocenters. The van der Waals surface area contributed by atoms with Crippen LogP contribution in [0.4, 0.5) is 10.5 Å². The first kappa shape index (κ1) is 16.0. The van der Waals surface area contributed by atoms with Crippen molar-refractivity contribution in [2.24, 2.45) is 0 Å². The maximum Gasteiger partial charge on any atom is 0.326 e. The molecule has 1 aromatic carbocycles. The highest BCUT2D eigenvalue weighted by atomic mass is 16.4. The van der Waals surface area contributed by atoms with Crippen LogP contribution in [0, 0.1) is 0 Å². The van der Waals surface area contributed by atoms with Gasteiger partial charge in [-0.3, -0.25) is 0 Å². The Morgan fingerprint density at radius 1 is 1.15 bits per heavy atom. The lowest BCUT2D eigenvalue weighted by atomic mass is 10.0. The van der Waals surface area contributed by atoms with E-state index in [1.807, 2.05) is 32.0 Å². The summed E-state index contributed by atoms with van der Waals surface area (Å²) in [6.07, 6.45) is 1.96. The van der Waals surface area contributed by atoms with Gasteiger partial charge >= 0.3 is 12.0 Å². The summed E-state index contributed by atoms with van der Waals surface area (Å²) in [5.74, 6) is -1.03. The summed E-state index contributed by atoms with van der Waals surface area (Å²) < 4.78 is 0. The van der Waals surface area contributed by atoms with Crippen LogP contribution in [0.5, 0.6) is 0 Å². The highest BCUT2D eigenvalue weighted by Crippen LogP contribution is 2.22. The summed E-state index contributed by atoms with van der Waals surface area (Å²) in [7, 11) is 0. The average Bonchev–Trinajstić information content (AvgIpc) is 2.44. The number of urea groups is 1. The SMILES string of the molecule is CCc1cccc(CC)c1NC(=O)NC(CC)C(=O)O. The minimum Gasteiger partial charge on any atom is -0.480 e. The topological polar surface area (TPSA) is 78.4 Å². The van der Waals surface area contributed by atoms with Gasteiger partial charge in [0.05, 0.1) is 0 Å². The number of aliphatic carboxylic acids is 1. The van der Waals surface area contributed by atoms with Crippen LogP contribution < -0.4 is 10.6 Å². The molecule has 0 saturated heterocycles. The van der Waals surface area contributed by atoms with Gasteiger partial charge in [-0.2, -0.15) is 0 Å². The number of para-hydroxylation sites is 1. The zero-order valence-corrected chi connectivity index (χ0v) is 12.2. The molecule has 5 heteroatoms. The molecule has 20 heavy (non-hydrogen) atoms. The van der Waals surface area contributed by atoms with Crippen LogP contribution in [0.15, 0.2) is 18.2 Å². The highest BCUT2D eigenvalue weighted by Gasteiger charge is 2.18. The third-order valence-corrected chi connectivity index (χ3v) is 3.25. The van der Waals surface area contributed by atoms with Crippen LogP contribution in [-0.4, -0.2) is 23.1 Å². The molecule has 2 amide bonds. The fourth-order valence-corrected chi connectivity index (χ4v) is 2.05. The van der Waals surface area contributed by atoms with E-state index in [0.29, 0.717) is 6.42 Å². The Morgan fingerprint density at radius 2 is 1.70 bits per heavy atom. The fraction of sp³-hybridized carbons (Fsp3) is 0.467. The van der Waals surface area contributed by atoms with E-state index in [-0.39, 0.29) is 0 Å².